The van der Waals surface area contributed by atoms with Crippen LogP contribution in [0, 0.1) is 0 Å². The molecule has 7 nitrogen and oxygen atoms in total. The smallest absolute Gasteiger partial charge is 0.311 e. The summed E-state index contributed by atoms with van der Waals surface area (Å²) in [4.78, 5) is 24.3. The maximum absolute atomic E-state index is 12.6. The maximum atomic E-state index is 12.6. The number of fused-ring (bicyclic) bond motifs is 1. The second-order valence-corrected chi connectivity index (χ2v) is 5.72. The number of phenols is 3. The van der Waals surface area contributed by atoms with Gasteiger partial charge in [0.25, 0.3) is 0 Å². The number of carbonyl (C=O) groups is 1. The molecule has 1 aromatic heterocycles. The Morgan fingerprint density at radius 3 is 2.54 bits per heavy atom. The quantitative estimate of drug-likeness (QED) is 0.373. The Morgan fingerprint density at radius 1 is 1.08 bits per heavy atom. The summed E-state index contributed by atoms with van der Waals surface area (Å²) in [6.07, 6.45) is 0.756. The average Bonchev–Trinajstić information content (AvgIpc) is 2.56. The molecule has 1 heterocycles. The van der Waals surface area contributed by atoms with E-state index in [4.69, 9.17) is 9.15 Å². The van der Waals surface area contributed by atoms with Crippen molar-refractivity contribution < 1.29 is 29.3 Å². The third kappa shape index (κ3) is 3.32. The van der Waals surface area contributed by atoms with Gasteiger partial charge in [0.2, 0.25) is 0 Å². The Kier molecular flexibility index (Phi) is 4.53. The minimum absolute atomic E-state index is 0.0269. The average molecular weight is 356 g/mol. The Labute approximate surface area is 147 Å². The first-order chi connectivity index (χ1) is 12.4. The normalized spacial score (nSPS) is 10.8. The van der Waals surface area contributed by atoms with E-state index >= 15 is 0 Å². The predicted octanol–water partition coefficient (Wildman–Crippen LogP) is 3.28. The van der Waals surface area contributed by atoms with Crippen molar-refractivity contribution in [2.45, 2.75) is 19.8 Å². The molecule has 0 unspecified atom stereocenters. The number of hydrogen-bond acceptors (Lipinski definition) is 7. The van der Waals surface area contributed by atoms with Crippen LogP contribution in [0.25, 0.3) is 22.3 Å². The first-order valence-corrected chi connectivity index (χ1v) is 7.93. The molecule has 0 saturated carbocycles. The van der Waals surface area contributed by atoms with Crippen LogP contribution in [0.5, 0.6) is 23.0 Å². The monoisotopic (exact) mass is 356 g/mol. The molecule has 2 aromatic carbocycles. The number of benzene rings is 2. The lowest BCUT2D eigenvalue weighted by Gasteiger charge is -2.09. The molecular formula is C19H16O7. The minimum atomic E-state index is -0.522. The number of esters is 1. The lowest BCUT2D eigenvalue weighted by molar-refractivity contribution is -0.134. The van der Waals surface area contributed by atoms with Crippen LogP contribution in [0.1, 0.15) is 19.8 Å². The second-order valence-electron chi connectivity index (χ2n) is 5.72. The number of carbonyl (C=O) groups excluding carboxylic acids is 1. The molecule has 0 radical (unpaired) electrons. The zero-order valence-electron chi connectivity index (χ0n) is 13.9. The van der Waals surface area contributed by atoms with Gasteiger partial charge in [-0.1, -0.05) is 6.92 Å². The highest BCUT2D eigenvalue weighted by Crippen LogP contribution is 2.34. The maximum Gasteiger partial charge on any atom is 0.311 e. The van der Waals surface area contributed by atoms with Crippen molar-refractivity contribution >= 4 is 16.9 Å². The molecule has 0 aliphatic heterocycles. The van der Waals surface area contributed by atoms with Gasteiger partial charge in [-0.3, -0.25) is 9.59 Å². The fourth-order valence-corrected chi connectivity index (χ4v) is 2.52. The molecule has 0 aliphatic rings. The molecule has 0 saturated heterocycles. The Hall–Kier alpha value is -3.48. The van der Waals surface area contributed by atoms with Crippen molar-refractivity contribution in [1.82, 2.24) is 0 Å². The van der Waals surface area contributed by atoms with E-state index in [2.05, 4.69) is 0 Å². The van der Waals surface area contributed by atoms with Gasteiger partial charge in [-0.15, -0.1) is 0 Å². The summed E-state index contributed by atoms with van der Waals surface area (Å²) in [7, 11) is 0. The van der Waals surface area contributed by atoms with Crippen LogP contribution >= 0.6 is 0 Å². The summed E-state index contributed by atoms with van der Waals surface area (Å²) in [6, 6.07) is 7.56. The molecule has 3 N–H and O–H groups in total. The van der Waals surface area contributed by atoms with Crippen molar-refractivity contribution in [2.75, 3.05) is 0 Å². The van der Waals surface area contributed by atoms with Crippen LogP contribution in [0.3, 0.4) is 0 Å². The zero-order valence-corrected chi connectivity index (χ0v) is 13.9. The molecule has 3 aromatic rings. The van der Waals surface area contributed by atoms with E-state index in [0.717, 1.165) is 0 Å². The molecule has 0 fully saturated rings. The van der Waals surface area contributed by atoms with Crippen LogP contribution in [0.4, 0.5) is 0 Å². The molecule has 0 aliphatic carbocycles. The summed E-state index contributed by atoms with van der Waals surface area (Å²) < 4.78 is 10.8. The van der Waals surface area contributed by atoms with Crippen molar-refractivity contribution in [3.8, 4) is 34.3 Å². The zero-order chi connectivity index (χ0) is 18.8. The van der Waals surface area contributed by atoms with Crippen LogP contribution in [-0.4, -0.2) is 21.3 Å². The van der Waals surface area contributed by atoms with Crippen LogP contribution < -0.4 is 10.2 Å². The van der Waals surface area contributed by atoms with E-state index in [9.17, 15) is 24.9 Å². The Balaban J connectivity index is 2.15. The van der Waals surface area contributed by atoms with Gasteiger partial charge in [0, 0.05) is 30.2 Å². The van der Waals surface area contributed by atoms with Crippen molar-refractivity contribution in [3.05, 3.63) is 46.6 Å². The van der Waals surface area contributed by atoms with E-state index in [0.29, 0.717) is 12.0 Å². The van der Waals surface area contributed by atoms with Gasteiger partial charge < -0.3 is 24.5 Å². The molecule has 3 rings (SSSR count). The van der Waals surface area contributed by atoms with Crippen LogP contribution in [0.15, 0.2) is 45.6 Å². The first kappa shape index (κ1) is 17.3. The Bertz CT molecular complexity index is 1050. The van der Waals surface area contributed by atoms with Crippen molar-refractivity contribution in [3.63, 3.8) is 0 Å². The number of aromatic hydroxyl groups is 3. The fourth-order valence-electron chi connectivity index (χ4n) is 2.52. The van der Waals surface area contributed by atoms with E-state index in [1.54, 1.807) is 0 Å². The van der Waals surface area contributed by atoms with Gasteiger partial charge in [-0.2, -0.15) is 0 Å². The summed E-state index contributed by atoms with van der Waals surface area (Å²) >= 11 is 0. The number of phenolic OH excluding ortho intramolecular Hbond substituents is 3. The van der Waals surface area contributed by atoms with Gasteiger partial charge >= 0.3 is 5.97 Å². The molecular weight excluding hydrogens is 340 g/mol. The molecule has 0 bridgehead atoms. The minimum Gasteiger partial charge on any atom is -0.508 e. The van der Waals surface area contributed by atoms with Crippen molar-refractivity contribution in [2.24, 2.45) is 0 Å². The van der Waals surface area contributed by atoms with E-state index in [-0.39, 0.29) is 46.1 Å². The highest BCUT2D eigenvalue weighted by Gasteiger charge is 2.16. The molecule has 134 valence electrons. The lowest BCUT2D eigenvalue weighted by Crippen LogP contribution is -2.10. The van der Waals surface area contributed by atoms with E-state index in [1.807, 2.05) is 6.92 Å². The van der Waals surface area contributed by atoms with E-state index < -0.39 is 11.4 Å². The van der Waals surface area contributed by atoms with Gasteiger partial charge in [0.05, 0.1) is 0 Å². The second kappa shape index (κ2) is 6.79. The summed E-state index contributed by atoms with van der Waals surface area (Å²) in [5.41, 5.74) is -0.0975. The van der Waals surface area contributed by atoms with Gasteiger partial charge in [0.15, 0.2) is 16.9 Å². The number of hydrogen-bond donors (Lipinski definition) is 3. The summed E-state index contributed by atoms with van der Waals surface area (Å²) in [6.45, 7) is 1.82. The lowest BCUT2D eigenvalue weighted by atomic mass is 10.1. The highest BCUT2D eigenvalue weighted by molar-refractivity contribution is 5.89. The largest absolute Gasteiger partial charge is 0.508 e. The fraction of sp³-hybridized carbons (Fsp3) is 0.158. The first-order valence-electron chi connectivity index (χ1n) is 7.93. The number of rotatable bonds is 4. The molecule has 0 spiro atoms. The third-order valence-electron chi connectivity index (χ3n) is 3.72. The molecule has 0 amide bonds. The third-order valence-corrected chi connectivity index (χ3v) is 3.72. The summed E-state index contributed by atoms with van der Waals surface area (Å²) in [5.74, 6) is -1.38. The molecule has 0 atom stereocenters. The Morgan fingerprint density at radius 2 is 1.85 bits per heavy atom. The van der Waals surface area contributed by atoms with Gasteiger partial charge in [-0.05, 0) is 24.6 Å². The van der Waals surface area contributed by atoms with Crippen LogP contribution in [0.2, 0.25) is 0 Å². The topological polar surface area (TPSA) is 117 Å². The molecule has 26 heavy (non-hydrogen) atoms. The summed E-state index contributed by atoms with van der Waals surface area (Å²) in [5, 5.41) is 28.9. The molecule has 7 heteroatoms. The predicted molar refractivity (Wildman–Crippen MR) is 93.5 cm³/mol. The SMILES string of the molecule is CCCC(=O)Oc1cc(O)cc2oc(-c3ccc(O)c(O)c3)cc(=O)c12. The standard InChI is InChI=1S/C19H16O7/c1-2-3-18(24)26-17-8-11(20)7-16-19(17)14(23)9-15(25-16)10-4-5-12(21)13(22)6-10/h4-9,20-22H,2-3H2,1H3. The van der Waals surface area contributed by atoms with Crippen LogP contribution in [-0.2, 0) is 4.79 Å². The highest BCUT2D eigenvalue weighted by atomic mass is 16.5. The van der Waals surface area contributed by atoms with E-state index in [1.165, 1.54) is 36.4 Å². The van der Waals surface area contributed by atoms with Gasteiger partial charge in [0.1, 0.15) is 28.2 Å². The van der Waals surface area contributed by atoms with Gasteiger partial charge in [-0.25, -0.2) is 0 Å². The number of ether oxygens (including phenoxy) is 1. The van der Waals surface area contributed by atoms with Crippen molar-refractivity contribution in [1.29, 1.82) is 0 Å².